The van der Waals surface area contributed by atoms with Crippen LogP contribution in [0, 0.1) is 53.3 Å². The van der Waals surface area contributed by atoms with Gasteiger partial charge >= 0.3 is 5.97 Å². The van der Waals surface area contributed by atoms with Crippen molar-refractivity contribution in [2.45, 2.75) is 344 Å². The minimum Gasteiger partial charge on any atom is -0.479 e. The number of ketones is 2. The fraction of sp³-hybridized carbons (Fsp3) is 0.919. The van der Waals surface area contributed by atoms with E-state index in [4.69, 9.17) is 42.6 Å². The number of carboxylic acids is 1. The van der Waals surface area contributed by atoms with Crippen LogP contribution in [-0.4, -0.2) is 254 Å². The third-order valence-electron chi connectivity index (χ3n) is 23.8. The molecule has 28 nitrogen and oxygen atoms in total. The number of carboxylic acid groups (broad SMARTS) is 1. The molecule has 0 spiro atoms. The first kappa shape index (κ1) is 84.1. The van der Waals surface area contributed by atoms with Crippen LogP contribution in [0.1, 0.15) is 209 Å². The van der Waals surface area contributed by atoms with E-state index in [9.17, 15) is 79.8 Å². The van der Waals surface area contributed by atoms with E-state index in [0.29, 0.717) is 44.6 Å². The number of carbonyl (C=O) groups excluding carboxylic acids is 5. The van der Waals surface area contributed by atoms with Crippen LogP contribution in [0.5, 0.6) is 0 Å². The van der Waals surface area contributed by atoms with Gasteiger partial charge in [0.1, 0.15) is 54.3 Å². The fourth-order valence-corrected chi connectivity index (χ4v) is 17.4. The summed E-state index contributed by atoms with van der Waals surface area (Å²) in [6.45, 7) is 12.2. The van der Waals surface area contributed by atoms with Crippen molar-refractivity contribution in [1.29, 1.82) is 0 Å². The second-order valence-electron chi connectivity index (χ2n) is 31.1. The second-order valence-corrected chi connectivity index (χ2v) is 31.1. The van der Waals surface area contributed by atoms with E-state index < -0.39 is 171 Å². The maximum atomic E-state index is 14.3. The summed E-state index contributed by atoms with van der Waals surface area (Å²) < 4.78 is 58.1. The summed E-state index contributed by atoms with van der Waals surface area (Å²) in [5.74, 6) is -5.34. The molecule has 29 atom stereocenters. The van der Waals surface area contributed by atoms with E-state index in [0.717, 1.165) is 38.5 Å². The minimum atomic E-state index is -1.68. The van der Waals surface area contributed by atoms with E-state index >= 15 is 0 Å². The molecule has 5 aliphatic carbocycles. The molecule has 28 heteroatoms. The Bertz CT molecular complexity index is 2600. The molecule has 3 saturated heterocycles. The van der Waals surface area contributed by atoms with Crippen LogP contribution < -0.4 is 16.0 Å². The first-order valence-electron chi connectivity index (χ1n) is 38.7. The zero-order valence-corrected chi connectivity index (χ0v) is 61.2. The van der Waals surface area contributed by atoms with Gasteiger partial charge in [-0.05, 0) is 95.3 Å². The van der Waals surface area contributed by atoms with Crippen molar-refractivity contribution in [1.82, 2.24) is 16.0 Å². The molecular weight excluding hydrogens is 1330 g/mol. The largest absolute Gasteiger partial charge is 0.479 e. The Labute approximate surface area is 601 Å². The molecule has 0 bridgehead atoms. The van der Waals surface area contributed by atoms with Crippen molar-refractivity contribution >= 4 is 35.3 Å². The van der Waals surface area contributed by atoms with Crippen LogP contribution in [0.2, 0.25) is 0 Å². The van der Waals surface area contributed by atoms with Crippen LogP contribution >= 0.6 is 0 Å². The lowest BCUT2D eigenvalue weighted by Crippen LogP contribution is -2.65. The summed E-state index contributed by atoms with van der Waals surface area (Å²) in [6.07, 6.45) is -10.0. The van der Waals surface area contributed by atoms with Crippen molar-refractivity contribution in [3.63, 3.8) is 0 Å². The van der Waals surface area contributed by atoms with Gasteiger partial charge < -0.3 is 110 Å². The van der Waals surface area contributed by atoms with Crippen LogP contribution in [0.25, 0.3) is 0 Å². The zero-order chi connectivity index (χ0) is 74.1. The van der Waals surface area contributed by atoms with Gasteiger partial charge in [0.2, 0.25) is 17.7 Å². The summed E-state index contributed by atoms with van der Waals surface area (Å²) in [5, 5.41) is 117. The predicted octanol–water partition coefficient (Wildman–Crippen LogP) is 3.17. The van der Waals surface area contributed by atoms with Gasteiger partial charge in [0.25, 0.3) is 0 Å². The first-order chi connectivity index (χ1) is 48.7. The number of aliphatic carboxylic acids is 1. The lowest BCUT2D eigenvalue weighted by atomic mass is 9.73. The van der Waals surface area contributed by atoms with E-state index in [2.05, 4.69) is 16.0 Å². The summed E-state index contributed by atoms with van der Waals surface area (Å²) in [4.78, 5) is 80.6. The van der Waals surface area contributed by atoms with Gasteiger partial charge in [0, 0.05) is 88.5 Å². The predicted molar refractivity (Wildman–Crippen MR) is 366 cm³/mol. The summed E-state index contributed by atoms with van der Waals surface area (Å²) >= 11 is 0. The number of nitrogens with one attached hydrogen (secondary N) is 3. The Morgan fingerprint density at radius 3 is 1.65 bits per heavy atom. The molecular formula is C74H125N3O25. The molecule has 0 aromatic rings. The van der Waals surface area contributed by atoms with Crippen molar-refractivity contribution in [3.8, 4) is 0 Å². The third kappa shape index (κ3) is 22.6. The van der Waals surface area contributed by atoms with Crippen LogP contribution in [0.4, 0.5) is 0 Å². The molecule has 102 heavy (non-hydrogen) atoms. The van der Waals surface area contributed by atoms with Gasteiger partial charge in [-0.15, -0.1) is 0 Å². The molecule has 1 unspecified atom stereocenters. The molecule has 0 aromatic carbocycles. The Morgan fingerprint density at radius 2 is 1.08 bits per heavy atom. The average Bonchev–Trinajstić information content (AvgIpc) is 0.783. The molecule has 5 saturated carbocycles. The Hall–Kier alpha value is -3.50. The van der Waals surface area contributed by atoms with Gasteiger partial charge in [0.05, 0.1) is 73.7 Å². The zero-order valence-electron chi connectivity index (χ0n) is 61.2. The SMILES string of the molecule is CC[C@H]1CC(C(=O)NCCCC(=O)CCC(=O)NCCCC(=O)[C@@H]2C[C@H](CC)[C@@H](O[C@@H]3O[C@@H](C)[C@@H](O)[C@@H](O)[C@@H]3O)[C@H](O[C@@H]3C[C@H](CO)[C@H](O)[C@H](O[C@@H](CC4CCCCC4)C(=O)O)[C@H]3NC(C)=O)C2)C[C@@H](O[C@@H]2O[C@H](CO)[C@H](C)[C@H](OCCC3CCCCC3)[C@H]2C)[C@@H]1O[C@@H]1O[C@@H](C)[C@@H](O)[C@@H](O)[C@@H]1O. The third-order valence-corrected chi connectivity index (χ3v) is 23.8. The highest BCUT2D eigenvalue weighted by Crippen LogP contribution is 2.44. The van der Waals surface area contributed by atoms with E-state index in [1.165, 1.54) is 46.0 Å². The minimum absolute atomic E-state index is 0.0259. The van der Waals surface area contributed by atoms with Crippen molar-refractivity contribution in [3.05, 3.63) is 0 Å². The average molecular weight is 1460 g/mol. The lowest BCUT2D eigenvalue weighted by molar-refractivity contribution is -0.339. The van der Waals surface area contributed by atoms with Gasteiger partial charge in [-0.1, -0.05) is 105 Å². The van der Waals surface area contributed by atoms with Gasteiger partial charge in [-0.3, -0.25) is 24.0 Å². The van der Waals surface area contributed by atoms with Crippen molar-refractivity contribution in [2.24, 2.45) is 53.3 Å². The standard InChI is InChI=1S/C74H125N3O25/c1-8-45-31-47(33-53(67(45)101-73-64(89)62(87)59(84)40(5)95-73)97-52-35-49(36-78)61(86)69(58(52)77-42(7)80)98-55(71(92)93)30-44-20-14-11-15-21-44)51(82)23-17-27-75-57(83)25-24-50(81)22-16-28-76-70(91)48-32-46(9-2)68(102-74-65(90)63(88)60(85)41(6)96-74)54(34-48)99-72-39(4)66(38(3)56(37-79)100-72)94-29-26-43-18-12-10-13-19-43/h38-41,43-49,52-56,58-69,72-74,78-79,84-90H,8-37H2,1-7H3,(H,75,83)(H,76,91)(H,77,80)(H,92,93)/t38-,39+,40-,41-,45-,46-,47+,48?,49+,52+,53+,54+,55-,56+,58-,59+,60+,61-,62+,63+,64-,65-,66-,67+,68+,69+,72+,73-,74-/m0/s1. The van der Waals surface area contributed by atoms with Gasteiger partial charge in [-0.2, -0.15) is 0 Å². The monoisotopic (exact) mass is 1460 g/mol. The second kappa shape index (κ2) is 40.6. The quantitative estimate of drug-likeness (QED) is 0.0405. The van der Waals surface area contributed by atoms with E-state index in [1.807, 2.05) is 27.7 Å². The summed E-state index contributed by atoms with van der Waals surface area (Å²) in [6, 6.07) is -1.14. The normalized spacial score (nSPS) is 39.8. The van der Waals surface area contributed by atoms with E-state index in [1.54, 1.807) is 6.92 Å². The first-order valence-corrected chi connectivity index (χ1v) is 38.7. The number of hydrogen-bond donors (Lipinski definition) is 13. The lowest BCUT2D eigenvalue weighted by Gasteiger charge is -2.49. The number of hydrogen-bond acceptors (Lipinski definition) is 24. The molecule has 8 rings (SSSR count). The molecule has 8 fully saturated rings. The summed E-state index contributed by atoms with van der Waals surface area (Å²) in [7, 11) is 0. The smallest absolute Gasteiger partial charge is 0.332 e. The molecule has 8 aliphatic rings. The van der Waals surface area contributed by atoms with Crippen molar-refractivity contribution < 1.29 is 122 Å². The highest BCUT2D eigenvalue weighted by atomic mass is 16.7. The number of rotatable bonds is 35. The Balaban J connectivity index is 0.836. The van der Waals surface area contributed by atoms with Gasteiger partial charge in [0.15, 0.2) is 25.0 Å². The maximum Gasteiger partial charge on any atom is 0.332 e. The molecule has 0 radical (unpaired) electrons. The molecule has 3 aliphatic heterocycles. The van der Waals surface area contributed by atoms with Crippen molar-refractivity contribution in [2.75, 3.05) is 32.9 Å². The fourth-order valence-electron chi connectivity index (χ4n) is 17.4. The number of ether oxygens (including phenoxy) is 9. The number of aliphatic hydroxyl groups excluding tert-OH is 9. The molecule has 13 N–H and O–H groups in total. The number of carbonyl (C=O) groups is 6. The van der Waals surface area contributed by atoms with Crippen LogP contribution in [0.15, 0.2) is 0 Å². The Kier molecular flexibility index (Phi) is 33.5. The number of amides is 3. The topological polar surface area (TPSA) is 424 Å². The molecule has 3 amide bonds. The van der Waals surface area contributed by atoms with Gasteiger partial charge in [-0.25, -0.2) is 4.79 Å². The highest BCUT2D eigenvalue weighted by molar-refractivity contribution is 5.85. The number of Topliss-reactive ketones (excluding diaryl/α,β-unsaturated/α-hetero) is 2. The van der Waals surface area contributed by atoms with Crippen LogP contribution in [0.3, 0.4) is 0 Å². The maximum absolute atomic E-state index is 14.3. The van der Waals surface area contributed by atoms with E-state index in [-0.39, 0.29) is 131 Å². The Morgan fingerprint density at radius 1 is 0.520 bits per heavy atom. The van der Waals surface area contributed by atoms with Crippen LogP contribution in [-0.2, 0) is 71.4 Å². The molecule has 0 aromatic heterocycles. The number of aliphatic hydroxyl groups is 9. The summed E-state index contributed by atoms with van der Waals surface area (Å²) in [5.41, 5.74) is 0. The highest BCUT2D eigenvalue weighted by Gasteiger charge is 2.54. The molecule has 3 heterocycles. The molecule has 586 valence electrons.